The number of H-pyrrole nitrogens is 1. The summed E-state index contributed by atoms with van der Waals surface area (Å²) in [6, 6.07) is 6.70. The Labute approximate surface area is 188 Å². The molecule has 170 valence electrons. The number of carbonyl (C=O) groups excluding carboxylic acids is 1. The average Bonchev–Trinajstić information content (AvgIpc) is 3.62. The lowest BCUT2D eigenvalue weighted by Crippen LogP contribution is -2.29. The zero-order valence-electron chi connectivity index (χ0n) is 18.1. The Morgan fingerprint density at radius 3 is 2.73 bits per heavy atom. The van der Waals surface area contributed by atoms with Gasteiger partial charge in [-0.15, -0.1) is 0 Å². The maximum atomic E-state index is 15.0. The highest BCUT2D eigenvalue weighted by atomic mass is 19.1. The van der Waals surface area contributed by atoms with Gasteiger partial charge >= 0.3 is 0 Å². The summed E-state index contributed by atoms with van der Waals surface area (Å²) in [4.78, 5) is 36.5. The van der Waals surface area contributed by atoms with Crippen LogP contribution in [0.15, 0.2) is 35.1 Å². The van der Waals surface area contributed by atoms with Crippen molar-refractivity contribution in [3.8, 4) is 0 Å². The fraction of sp³-hybridized carbons (Fsp3) is 0.333. The van der Waals surface area contributed by atoms with Crippen LogP contribution in [0.25, 0.3) is 16.6 Å². The Hall–Kier alpha value is -3.46. The summed E-state index contributed by atoms with van der Waals surface area (Å²) < 4.78 is 29.6. The first kappa shape index (κ1) is 21.4. The van der Waals surface area contributed by atoms with E-state index in [0.717, 1.165) is 18.4 Å². The van der Waals surface area contributed by atoms with Crippen LogP contribution in [0.1, 0.15) is 46.6 Å². The van der Waals surface area contributed by atoms with Gasteiger partial charge in [0.2, 0.25) is 5.95 Å². The molecule has 33 heavy (non-hydrogen) atoms. The first-order chi connectivity index (χ1) is 15.9. The van der Waals surface area contributed by atoms with Gasteiger partial charge in [0.25, 0.3) is 11.5 Å². The van der Waals surface area contributed by atoms with Crippen molar-refractivity contribution in [3.63, 3.8) is 0 Å². The van der Waals surface area contributed by atoms with E-state index in [4.69, 9.17) is 0 Å². The molecule has 0 unspecified atom stereocenters. The Morgan fingerprint density at radius 1 is 1.21 bits per heavy atom. The van der Waals surface area contributed by atoms with E-state index in [-0.39, 0.29) is 23.2 Å². The van der Waals surface area contributed by atoms with Gasteiger partial charge in [0.1, 0.15) is 16.9 Å². The second kappa shape index (κ2) is 8.47. The van der Waals surface area contributed by atoms with Gasteiger partial charge in [-0.05, 0) is 50.0 Å². The molecule has 5 rings (SSSR count). The fourth-order valence-corrected chi connectivity index (χ4v) is 4.01. The number of hydrogen-bond acceptors (Lipinski definition) is 5. The molecule has 1 fully saturated rings. The van der Waals surface area contributed by atoms with Crippen molar-refractivity contribution in [2.24, 2.45) is 0 Å². The second-order valence-electron chi connectivity index (χ2n) is 8.58. The zero-order chi connectivity index (χ0) is 23.1. The molecule has 1 aromatic carbocycles. The van der Waals surface area contributed by atoms with Crippen molar-refractivity contribution in [1.29, 1.82) is 0 Å². The van der Waals surface area contributed by atoms with Crippen LogP contribution in [0, 0.1) is 18.7 Å². The van der Waals surface area contributed by atoms with Gasteiger partial charge in [-0.3, -0.25) is 14.5 Å². The third-order valence-corrected chi connectivity index (χ3v) is 6.08. The van der Waals surface area contributed by atoms with Crippen LogP contribution in [0.4, 0.5) is 8.78 Å². The number of aromatic nitrogens is 3. The number of halogens is 2. The Balaban J connectivity index is 1.29. The van der Waals surface area contributed by atoms with Crippen LogP contribution in [0.5, 0.6) is 0 Å². The Bertz CT molecular complexity index is 1350. The molecule has 7 nitrogen and oxygen atoms in total. The summed E-state index contributed by atoms with van der Waals surface area (Å²) in [6.45, 7) is 3.05. The lowest BCUT2D eigenvalue weighted by atomic mass is 10.00. The molecule has 3 heterocycles. The summed E-state index contributed by atoms with van der Waals surface area (Å²) in [7, 11) is 0. The maximum Gasteiger partial charge on any atom is 0.270 e. The van der Waals surface area contributed by atoms with E-state index in [1.165, 1.54) is 0 Å². The molecule has 2 aromatic heterocycles. The number of amides is 1. The van der Waals surface area contributed by atoms with Crippen LogP contribution in [0.2, 0.25) is 0 Å². The van der Waals surface area contributed by atoms with E-state index in [0.29, 0.717) is 48.4 Å². The lowest BCUT2D eigenvalue weighted by Gasteiger charge is -2.26. The summed E-state index contributed by atoms with van der Waals surface area (Å²) >= 11 is 0. The highest BCUT2D eigenvalue weighted by Crippen LogP contribution is 2.26. The number of aryl methyl sites for hydroxylation is 1. The molecule has 3 aromatic rings. The van der Waals surface area contributed by atoms with Crippen molar-refractivity contribution in [3.05, 3.63) is 75.0 Å². The molecule has 0 spiro atoms. The van der Waals surface area contributed by atoms with Gasteiger partial charge in [-0.25, -0.2) is 14.4 Å². The number of fused-ring (bicyclic) bond motifs is 1. The van der Waals surface area contributed by atoms with Crippen LogP contribution in [-0.4, -0.2) is 44.9 Å². The molecule has 0 bridgehead atoms. The monoisotopic (exact) mass is 451 g/mol. The van der Waals surface area contributed by atoms with E-state index >= 15 is 0 Å². The van der Waals surface area contributed by atoms with E-state index in [1.54, 1.807) is 31.2 Å². The normalized spacial score (nSPS) is 16.6. The van der Waals surface area contributed by atoms with Crippen molar-refractivity contribution in [2.45, 2.75) is 38.8 Å². The van der Waals surface area contributed by atoms with Crippen LogP contribution in [-0.2, 0) is 6.54 Å². The Morgan fingerprint density at radius 2 is 2.03 bits per heavy atom. The molecular formula is C24H23F2N5O2. The number of carbonyl (C=O) groups is 1. The second-order valence-corrected chi connectivity index (χ2v) is 8.58. The number of benzene rings is 1. The molecule has 0 atom stereocenters. The molecule has 1 aliphatic heterocycles. The zero-order valence-corrected chi connectivity index (χ0v) is 18.1. The lowest BCUT2D eigenvalue weighted by molar-refractivity contribution is 0.0945. The van der Waals surface area contributed by atoms with Crippen molar-refractivity contribution >= 4 is 22.5 Å². The third-order valence-electron chi connectivity index (χ3n) is 6.08. The standard InChI is InChI=1S/C24H23F2N5O2/c1-13-23(32)30-21-18(27-13)6-2-15(20(21)25)12-31-10-8-14(9-11-31)17-5-7-19(29-22(17)26)24(33)28-16-3-4-16/h2,5-8,16H,3-4,9-12H2,1H3,(H,28,33)(H,30,32). The molecule has 1 saturated carbocycles. The topological polar surface area (TPSA) is 91.0 Å². The predicted octanol–water partition coefficient (Wildman–Crippen LogP) is 3.09. The summed E-state index contributed by atoms with van der Waals surface area (Å²) in [5, 5.41) is 2.80. The van der Waals surface area contributed by atoms with Gasteiger partial charge in [-0.2, -0.15) is 4.39 Å². The molecule has 0 radical (unpaired) electrons. The van der Waals surface area contributed by atoms with Gasteiger partial charge in [0, 0.05) is 36.8 Å². The smallest absolute Gasteiger partial charge is 0.270 e. The molecule has 0 saturated heterocycles. The molecule has 1 amide bonds. The van der Waals surface area contributed by atoms with Crippen molar-refractivity contribution < 1.29 is 13.6 Å². The average molecular weight is 451 g/mol. The summed E-state index contributed by atoms with van der Waals surface area (Å²) in [6.07, 6.45) is 4.37. The van der Waals surface area contributed by atoms with Crippen LogP contribution < -0.4 is 10.9 Å². The Kier molecular flexibility index (Phi) is 5.49. The van der Waals surface area contributed by atoms with E-state index < -0.39 is 17.3 Å². The first-order valence-corrected chi connectivity index (χ1v) is 11.0. The highest BCUT2D eigenvalue weighted by molar-refractivity contribution is 5.92. The van der Waals surface area contributed by atoms with Gasteiger partial charge in [-0.1, -0.05) is 12.1 Å². The number of nitrogens with zero attached hydrogens (tertiary/aromatic N) is 3. The minimum atomic E-state index is -0.662. The van der Waals surface area contributed by atoms with Crippen molar-refractivity contribution in [1.82, 2.24) is 25.2 Å². The first-order valence-electron chi connectivity index (χ1n) is 11.0. The summed E-state index contributed by atoms with van der Waals surface area (Å²) in [5.74, 6) is -1.50. The SMILES string of the molecule is Cc1nc2ccc(CN3CC=C(c4ccc(C(=O)NC5CC5)nc4F)CC3)c(F)c2[nH]c1=O. The van der Waals surface area contributed by atoms with Gasteiger partial charge in [0.05, 0.1) is 5.52 Å². The number of hydrogen-bond donors (Lipinski definition) is 2. The summed E-state index contributed by atoms with van der Waals surface area (Å²) in [5.41, 5.74) is 2.14. The molecule has 2 aliphatic rings. The third kappa shape index (κ3) is 4.41. The quantitative estimate of drug-likeness (QED) is 0.582. The molecule has 9 heteroatoms. The minimum absolute atomic E-state index is 0.0793. The largest absolute Gasteiger partial charge is 0.348 e. The minimum Gasteiger partial charge on any atom is -0.348 e. The predicted molar refractivity (Wildman–Crippen MR) is 120 cm³/mol. The molecular weight excluding hydrogens is 428 g/mol. The van der Waals surface area contributed by atoms with E-state index in [9.17, 15) is 18.4 Å². The van der Waals surface area contributed by atoms with E-state index in [2.05, 4.69) is 20.3 Å². The fourth-order valence-electron chi connectivity index (χ4n) is 4.01. The number of rotatable bonds is 5. The number of nitrogens with one attached hydrogen (secondary N) is 2. The van der Waals surface area contributed by atoms with Crippen LogP contribution in [0.3, 0.4) is 0 Å². The highest BCUT2D eigenvalue weighted by Gasteiger charge is 2.25. The molecule has 1 aliphatic carbocycles. The number of aromatic amines is 1. The van der Waals surface area contributed by atoms with E-state index in [1.807, 2.05) is 11.0 Å². The van der Waals surface area contributed by atoms with Gasteiger partial charge < -0.3 is 10.3 Å². The van der Waals surface area contributed by atoms with Crippen LogP contribution >= 0.6 is 0 Å². The maximum absolute atomic E-state index is 15.0. The van der Waals surface area contributed by atoms with Gasteiger partial charge in [0.15, 0.2) is 5.82 Å². The molecule has 2 N–H and O–H groups in total. The van der Waals surface area contributed by atoms with Crippen molar-refractivity contribution in [2.75, 3.05) is 13.1 Å². The number of pyridine rings is 1.